The second-order valence-electron chi connectivity index (χ2n) is 6.41. The van der Waals surface area contributed by atoms with E-state index in [0.717, 1.165) is 17.7 Å². The van der Waals surface area contributed by atoms with Gasteiger partial charge in [-0.05, 0) is 43.2 Å². The Kier molecular flexibility index (Phi) is 6.52. The van der Waals surface area contributed by atoms with Crippen LogP contribution in [0.4, 0.5) is 11.6 Å². The lowest BCUT2D eigenvalue weighted by atomic mass is 10.1. The number of nitrogens with one attached hydrogen (secondary N) is 2. The molecule has 7 nitrogen and oxygen atoms in total. The van der Waals surface area contributed by atoms with E-state index >= 15 is 0 Å². The molecule has 0 aliphatic heterocycles. The molecule has 0 unspecified atom stereocenters. The summed E-state index contributed by atoms with van der Waals surface area (Å²) >= 11 is 0. The number of ether oxygens (including phenoxy) is 1. The number of carbonyl (C=O) groups excluding carboxylic acids is 2. The summed E-state index contributed by atoms with van der Waals surface area (Å²) in [5, 5.41) is 5.88. The third-order valence-electron chi connectivity index (χ3n) is 4.27. The van der Waals surface area contributed by atoms with Gasteiger partial charge in [-0.25, -0.2) is 9.97 Å². The highest BCUT2D eigenvalue weighted by Crippen LogP contribution is 2.14. The summed E-state index contributed by atoms with van der Waals surface area (Å²) in [6.07, 6.45) is 3.71. The van der Waals surface area contributed by atoms with E-state index in [0.29, 0.717) is 29.3 Å². The Labute approximate surface area is 169 Å². The molecule has 0 saturated heterocycles. The third kappa shape index (κ3) is 5.62. The second kappa shape index (κ2) is 9.45. The third-order valence-corrected chi connectivity index (χ3v) is 4.27. The number of hydrogen-bond donors (Lipinski definition) is 2. The summed E-state index contributed by atoms with van der Waals surface area (Å²) in [4.78, 5) is 32.2. The smallest absolute Gasteiger partial charge is 0.258 e. The first-order chi connectivity index (χ1) is 14.0. The second-order valence-corrected chi connectivity index (χ2v) is 6.41. The number of Topliss-reactive ketones (excluding diaryl/α,β-unsaturated/α-hetero) is 1. The van der Waals surface area contributed by atoms with Gasteiger partial charge in [0.25, 0.3) is 5.91 Å². The van der Waals surface area contributed by atoms with Gasteiger partial charge in [-0.15, -0.1) is 0 Å². The van der Waals surface area contributed by atoms with Crippen molar-refractivity contribution in [1.82, 2.24) is 9.97 Å². The molecule has 1 amide bonds. The molecule has 2 N–H and O–H groups in total. The molecule has 148 valence electrons. The fourth-order valence-corrected chi connectivity index (χ4v) is 2.70. The molecule has 7 heteroatoms. The molecular weight excluding hydrogens is 368 g/mol. The van der Waals surface area contributed by atoms with Gasteiger partial charge in [-0.1, -0.05) is 24.3 Å². The van der Waals surface area contributed by atoms with Gasteiger partial charge in [0.1, 0.15) is 5.75 Å². The zero-order valence-electron chi connectivity index (χ0n) is 16.3. The van der Waals surface area contributed by atoms with E-state index in [1.807, 2.05) is 24.3 Å². The molecule has 3 rings (SSSR count). The van der Waals surface area contributed by atoms with Crippen molar-refractivity contribution in [2.45, 2.75) is 13.3 Å². The van der Waals surface area contributed by atoms with Crippen LogP contribution in [-0.2, 0) is 6.42 Å². The standard InChI is InChI=1S/C22H22N4O3/c1-15(27)17-6-4-7-19(12-17)26-21(28)18-13-24-22(25-14-18)23-10-9-16-5-3-8-20(11-16)29-2/h3-8,11-14H,9-10H2,1-2H3,(H,26,28)(H,23,24,25). The maximum atomic E-state index is 12.4. The topological polar surface area (TPSA) is 93.2 Å². The zero-order chi connectivity index (χ0) is 20.6. The summed E-state index contributed by atoms with van der Waals surface area (Å²) in [6.45, 7) is 2.13. The SMILES string of the molecule is COc1cccc(CCNc2ncc(C(=O)Nc3cccc(C(C)=O)c3)cn2)c1. The van der Waals surface area contributed by atoms with Crippen molar-refractivity contribution in [2.24, 2.45) is 0 Å². The summed E-state index contributed by atoms with van der Waals surface area (Å²) in [5.41, 5.74) is 2.55. The van der Waals surface area contributed by atoms with Crippen LogP contribution in [0.5, 0.6) is 5.75 Å². The van der Waals surface area contributed by atoms with E-state index in [9.17, 15) is 9.59 Å². The first-order valence-corrected chi connectivity index (χ1v) is 9.16. The Morgan fingerprint density at radius 1 is 1.00 bits per heavy atom. The predicted octanol–water partition coefficient (Wildman–Crippen LogP) is 3.59. The summed E-state index contributed by atoms with van der Waals surface area (Å²) in [6, 6.07) is 14.6. The van der Waals surface area contributed by atoms with Gasteiger partial charge in [-0.3, -0.25) is 9.59 Å². The molecule has 0 aliphatic rings. The van der Waals surface area contributed by atoms with E-state index in [1.165, 1.54) is 19.3 Å². The monoisotopic (exact) mass is 390 g/mol. The fraction of sp³-hybridized carbons (Fsp3) is 0.182. The predicted molar refractivity (Wildman–Crippen MR) is 112 cm³/mol. The first kappa shape index (κ1) is 20.0. The van der Waals surface area contributed by atoms with Crippen LogP contribution in [-0.4, -0.2) is 35.3 Å². The van der Waals surface area contributed by atoms with Crippen LogP contribution in [0.3, 0.4) is 0 Å². The summed E-state index contributed by atoms with van der Waals surface area (Å²) in [5.74, 6) is 0.869. The minimum Gasteiger partial charge on any atom is -0.497 e. The highest BCUT2D eigenvalue weighted by molar-refractivity contribution is 6.04. The largest absolute Gasteiger partial charge is 0.497 e. The van der Waals surface area contributed by atoms with Gasteiger partial charge in [0.2, 0.25) is 5.95 Å². The molecule has 2 aromatic carbocycles. The average Bonchev–Trinajstić information content (AvgIpc) is 2.74. The van der Waals surface area contributed by atoms with Gasteiger partial charge in [0.15, 0.2) is 5.78 Å². The first-order valence-electron chi connectivity index (χ1n) is 9.16. The van der Waals surface area contributed by atoms with Crippen LogP contribution in [0.15, 0.2) is 60.9 Å². The van der Waals surface area contributed by atoms with E-state index in [2.05, 4.69) is 20.6 Å². The molecular formula is C22H22N4O3. The van der Waals surface area contributed by atoms with Crippen LogP contribution in [0.2, 0.25) is 0 Å². The molecule has 3 aromatic rings. The zero-order valence-corrected chi connectivity index (χ0v) is 16.3. The number of ketones is 1. The van der Waals surface area contributed by atoms with Crippen molar-refractivity contribution in [3.8, 4) is 5.75 Å². The lowest BCUT2D eigenvalue weighted by Gasteiger charge is -2.08. The van der Waals surface area contributed by atoms with Crippen LogP contribution in [0, 0.1) is 0 Å². The van der Waals surface area contributed by atoms with Gasteiger partial charge < -0.3 is 15.4 Å². The number of nitrogens with zero attached hydrogens (tertiary/aromatic N) is 2. The highest BCUT2D eigenvalue weighted by Gasteiger charge is 2.09. The minimum absolute atomic E-state index is 0.0613. The maximum Gasteiger partial charge on any atom is 0.258 e. The normalized spacial score (nSPS) is 10.3. The van der Waals surface area contributed by atoms with Crippen LogP contribution >= 0.6 is 0 Å². The summed E-state index contributed by atoms with van der Waals surface area (Å²) in [7, 11) is 1.64. The van der Waals surface area contributed by atoms with Gasteiger partial charge in [0, 0.05) is 30.2 Å². The molecule has 0 radical (unpaired) electrons. The number of methoxy groups -OCH3 is 1. The number of aromatic nitrogens is 2. The van der Waals surface area contributed by atoms with Gasteiger partial charge >= 0.3 is 0 Å². The number of rotatable bonds is 8. The van der Waals surface area contributed by atoms with Crippen molar-refractivity contribution in [1.29, 1.82) is 0 Å². The molecule has 1 heterocycles. The lowest BCUT2D eigenvalue weighted by molar-refractivity contribution is 0.101. The number of carbonyl (C=O) groups is 2. The van der Waals surface area contributed by atoms with E-state index in [1.54, 1.807) is 31.4 Å². The van der Waals surface area contributed by atoms with Crippen molar-refractivity contribution in [3.05, 3.63) is 77.6 Å². The van der Waals surface area contributed by atoms with E-state index < -0.39 is 0 Å². The number of amides is 1. The minimum atomic E-state index is -0.339. The Morgan fingerprint density at radius 3 is 2.48 bits per heavy atom. The quantitative estimate of drug-likeness (QED) is 0.571. The summed E-state index contributed by atoms with van der Waals surface area (Å²) < 4.78 is 5.22. The van der Waals surface area contributed by atoms with E-state index in [-0.39, 0.29) is 11.7 Å². The molecule has 29 heavy (non-hydrogen) atoms. The van der Waals surface area contributed by atoms with Crippen molar-refractivity contribution in [3.63, 3.8) is 0 Å². The molecule has 0 bridgehead atoms. The van der Waals surface area contributed by atoms with Gasteiger partial charge in [-0.2, -0.15) is 0 Å². The molecule has 0 aliphatic carbocycles. The molecule has 0 fully saturated rings. The molecule has 0 saturated carbocycles. The number of anilines is 2. The van der Waals surface area contributed by atoms with E-state index in [4.69, 9.17) is 4.74 Å². The van der Waals surface area contributed by atoms with Crippen LogP contribution in [0.1, 0.15) is 33.2 Å². The Morgan fingerprint density at radius 2 is 1.76 bits per heavy atom. The molecule has 0 atom stereocenters. The van der Waals surface area contributed by atoms with Gasteiger partial charge in [0.05, 0.1) is 12.7 Å². The highest BCUT2D eigenvalue weighted by atomic mass is 16.5. The maximum absolute atomic E-state index is 12.4. The fourth-order valence-electron chi connectivity index (χ4n) is 2.70. The Balaban J connectivity index is 1.54. The van der Waals surface area contributed by atoms with Crippen molar-refractivity contribution < 1.29 is 14.3 Å². The number of hydrogen-bond acceptors (Lipinski definition) is 6. The molecule has 1 aromatic heterocycles. The Hall–Kier alpha value is -3.74. The number of benzene rings is 2. The van der Waals surface area contributed by atoms with Crippen molar-refractivity contribution in [2.75, 3.05) is 24.3 Å². The van der Waals surface area contributed by atoms with Crippen LogP contribution in [0.25, 0.3) is 0 Å². The average molecular weight is 390 g/mol. The lowest BCUT2D eigenvalue weighted by Crippen LogP contribution is -2.14. The Bertz CT molecular complexity index is 1000. The van der Waals surface area contributed by atoms with Crippen molar-refractivity contribution >= 4 is 23.3 Å². The molecule has 0 spiro atoms. The van der Waals surface area contributed by atoms with Crippen LogP contribution < -0.4 is 15.4 Å².